The van der Waals surface area contributed by atoms with Crippen LogP contribution in [0.1, 0.15) is 33.5 Å². The van der Waals surface area contributed by atoms with Crippen molar-refractivity contribution in [1.82, 2.24) is 4.98 Å². The van der Waals surface area contributed by atoms with Gasteiger partial charge in [0.15, 0.2) is 0 Å². The van der Waals surface area contributed by atoms with Gasteiger partial charge >= 0.3 is 5.97 Å². The molecule has 3 rings (SSSR count). The summed E-state index contributed by atoms with van der Waals surface area (Å²) in [7, 11) is 0. The minimum absolute atomic E-state index is 0.0706. The zero-order valence-corrected chi connectivity index (χ0v) is 16.2. The van der Waals surface area contributed by atoms with Crippen LogP contribution < -0.4 is 4.74 Å². The number of ether oxygens (including phenoxy) is 1. The third kappa shape index (κ3) is 5.74. The molecular weight excluding hydrogens is 390 g/mol. The van der Waals surface area contributed by atoms with Crippen molar-refractivity contribution in [2.75, 3.05) is 6.61 Å². The Morgan fingerprint density at radius 2 is 1.76 bits per heavy atom. The molecule has 0 fully saturated rings. The first-order valence-corrected chi connectivity index (χ1v) is 9.30. The van der Waals surface area contributed by atoms with E-state index in [1.54, 1.807) is 42.7 Å². The van der Waals surface area contributed by atoms with Crippen molar-refractivity contribution < 1.29 is 19.7 Å². The monoisotopic (exact) mass is 407 g/mol. The fourth-order valence-electron chi connectivity index (χ4n) is 2.68. The molecule has 1 aromatic heterocycles. The Labute approximate surface area is 173 Å². The summed E-state index contributed by atoms with van der Waals surface area (Å²) in [5, 5.41) is 19.1. The standard InChI is InChI=1S/C23H18ClNO4/c24-22-15-20(26)8-7-17(22)5-3-16-4-6-19(23(27)28)14-18(16)2-1-13-29-21-9-11-25-12-10-21/h4,6-12,14-15,26H,1-2,13H2,(H,27,28). The molecule has 0 spiro atoms. The number of nitrogens with zero attached hydrogens (tertiary/aromatic N) is 1. The van der Waals surface area contributed by atoms with Crippen molar-refractivity contribution in [3.8, 4) is 23.3 Å². The number of rotatable bonds is 6. The first-order valence-electron chi connectivity index (χ1n) is 8.92. The van der Waals surface area contributed by atoms with Gasteiger partial charge in [0.2, 0.25) is 0 Å². The number of aromatic carboxylic acids is 1. The molecule has 6 heteroatoms. The average Bonchev–Trinajstić information content (AvgIpc) is 2.71. The molecule has 146 valence electrons. The summed E-state index contributed by atoms with van der Waals surface area (Å²) in [5.41, 5.74) is 2.34. The number of benzene rings is 2. The number of hydrogen-bond donors (Lipinski definition) is 2. The van der Waals surface area contributed by atoms with E-state index in [1.165, 1.54) is 18.2 Å². The highest BCUT2D eigenvalue weighted by Crippen LogP contribution is 2.21. The zero-order chi connectivity index (χ0) is 20.6. The summed E-state index contributed by atoms with van der Waals surface area (Å²) in [6, 6.07) is 13.0. The molecule has 0 atom stereocenters. The molecule has 0 unspecified atom stereocenters. The van der Waals surface area contributed by atoms with Crippen LogP contribution in [0.5, 0.6) is 11.5 Å². The maximum atomic E-state index is 11.3. The SMILES string of the molecule is O=C(O)c1ccc(C#Cc2ccc(O)cc2Cl)c(CCCOc2ccncc2)c1. The Balaban J connectivity index is 1.76. The van der Waals surface area contributed by atoms with Crippen molar-refractivity contribution in [2.24, 2.45) is 0 Å². The first kappa shape index (κ1) is 20.2. The lowest BCUT2D eigenvalue weighted by atomic mass is 10.00. The van der Waals surface area contributed by atoms with Crippen LogP contribution in [0.25, 0.3) is 0 Å². The van der Waals surface area contributed by atoms with Gasteiger partial charge in [0.05, 0.1) is 17.2 Å². The smallest absolute Gasteiger partial charge is 0.335 e. The molecule has 1 heterocycles. The number of aromatic hydroxyl groups is 1. The quantitative estimate of drug-likeness (QED) is 0.463. The average molecular weight is 408 g/mol. The highest BCUT2D eigenvalue weighted by molar-refractivity contribution is 6.31. The summed E-state index contributed by atoms with van der Waals surface area (Å²) in [4.78, 5) is 15.3. The summed E-state index contributed by atoms with van der Waals surface area (Å²) in [5.74, 6) is 5.86. The molecule has 0 aliphatic carbocycles. The molecule has 0 radical (unpaired) electrons. The van der Waals surface area contributed by atoms with Crippen molar-refractivity contribution in [3.63, 3.8) is 0 Å². The minimum atomic E-state index is -0.986. The van der Waals surface area contributed by atoms with Crippen LogP contribution in [0.4, 0.5) is 0 Å². The van der Waals surface area contributed by atoms with Crippen LogP contribution in [-0.2, 0) is 6.42 Å². The van der Waals surface area contributed by atoms with E-state index in [0.29, 0.717) is 30.0 Å². The predicted octanol–water partition coefficient (Wildman–Crippen LogP) is 4.55. The maximum Gasteiger partial charge on any atom is 0.335 e. The van der Waals surface area contributed by atoms with Gasteiger partial charge < -0.3 is 14.9 Å². The lowest BCUT2D eigenvalue weighted by Crippen LogP contribution is -2.03. The van der Waals surface area contributed by atoms with E-state index in [-0.39, 0.29) is 11.3 Å². The normalized spacial score (nSPS) is 10.1. The lowest BCUT2D eigenvalue weighted by molar-refractivity contribution is 0.0696. The van der Waals surface area contributed by atoms with Gasteiger partial charge in [-0.15, -0.1) is 0 Å². The van der Waals surface area contributed by atoms with Crippen LogP contribution in [0.15, 0.2) is 60.9 Å². The van der Waals surface area contributed by atoms with Crippen LogP contribution in [0.2, 0.25) is 5.02 Å². The van der Waals surface area contributed by atoms with Crippen molar-refractivity contribution in [2.45, 2.75) is 12.8 Å². The van der Waals surface area contributed by atoms with Gasteiger partial charge in [0.25, 0.3) is 0 Å². The second-order valence-electron chi connectivity index (χ2n) is 6.23. The summed E-state index contributed by atoms with van der Waals surface area (Å²) in [6.45, 7) is 0.484. The number of hydrogen-bond acceptors (Lipinski definition) is 4. The highest BCUT2D eigenvalue weighted by Gasteiger charge is 2.08. The lowest BCUT2D eigenvalue weighted by Gasteiger charge is -2.08. The molecule has 0 saturated carbocycles. The van der Waals surface area contributed by atoms with Gasteiger partial charge in [-0.2, -0.15) is 0 Å². The Hall–Kier alpha value is -3.49. The van der Waals surface area contributed by atoms with E-state index in [1.807, 2.05) is 0 Å². The van der Waals surface area contributed by atoms with Crippen LogP contribution in [0.3, 0.4) is 0 Å². The van der Waals surface area contributed by atoms with Gasteiger partial charge in [-0.3, -0.25) is 4.98 Å². The molecule has 3 aromatic rings. The molecule has 2 N–H and O–H groups in total. The molecule has 0 amide bonds. The van der Waals surface area contributed by atoms with E-state index < -0.39 is 5.97 Å². The van der Waals surface area contributed by atoms with Crippen molar-refractivity contribution >= 4 is 17.6 Å². The summed E-state index contributed by atoms with van der Waals surface area (Å²) < 4.78 is 5.67. The molecule has 5 nitrogen and oxygen atoms in total. The van der Waals surface area contributed by atoms with Gasteiger partial charge in [-0.1, -0.05) is 23.4 Å². The minimum Gasteiger partial charge on any atom is -0.508 e. The number of phenols is 1. The van der Waals surface area contributed by atoms with Crippen LogP contribution in [-0.4, -0.2) is 27.8 Å². The fourth-order valence-corrected chi connectivity index (χ4v) is 2.90. The maximum absolute atomic E-state index is 11.3. The summed E-state index contributed by atoms with van der Waals surface area (Å²) >= 11 is 6.10. The molecular formula is C23H18ClNO4. The number of aryl methyl sites for hydroxylation is 1. The second-order valence-corrected chi connectivity index (χ2v) is 6.63. The van der Waals surface area contributed by atoms with E-state index >= 15 is 0 Å². The predicted molar refractivity (Wildman–Crippen MR) is 111 cm³/mol. The van der Waals surface area contributed by atoms with Gasteiger partial charge in [0, 0.05) is 23.5 Å². The van der Waals surface area contributed by atoms with Crippen LogP contribution in [0, 0.1) is 11.8 Å². The third-order valence-electron chi connectivity index (χ3n) is 4.15. The van der Waals surface area contributed by atoms with Crippen LogP contribution >= 0.6 is 11.6 Å². The third-order valence-corrected chi connectivity index (χ3v) is 4.46. The van der Waals surface area contributed by atoms with E-state index in [4.69, 9.17) is 16.3 Å². The number of halogens is 1. The van der Waals surface area contributed by atoms with E-state index in [0.717, 1.165) is 16.9 Å². The van der Waals surface area contributed by atoms with Crippen molar-refractivity contribution in [1.29, 1.82) is 0 Å². The first-order chi connectivity index (χ1) is 14.0. The molecule has 0 aliphatic rings. The Morgan fingerprint density at radius 1 is 1.03 bits per heavy atom. The molecule has 29 heavy (non-hydrogen) atoms. The second kappa shape index (κ2) is 9.63. The van der Waals surface area contributed by atoms with Gasteiger partial charge in [-0.05, 0) is 66.9 Å². The zero-order valence-electron chi connectivity index (χ0n) is 15.4. The van der Waals surface area contributed by atoms with E-state index in [2.05, 4.69) is 16.8 Å². The van der Waals surface area contributed by atoms with Gasteiger partial charge in [-0.25, -0.2) is 4.79 Å². The summed E-state index contributed by atoms with van der Waals surface area (Å²) in [6.07, 6.45) is 4.63. The molecule has 0 bridgehead atoms. The number of aromatic nitrogens is 1. The number of carbonyl (C=O) groups is 1. The number of carboxylic acids is 1. The number of carboxylic acid groups (broad SMARTS) is 1. The fraction of sp³-hybridized carbons (Fsp3) is 0.130. The number of pyridine rings is 1. The molecule has 0 saturated heterocycles. The van der Waals surface area contributed by atoms with E-state index in [9.17, 15) is 15.0 Å². The number of phenolic OH excluding ortho intramolecular Hbond substituents is 1. The Bertz CT molecular complexity index is 1070. The molecule has 2 aromatic carbocycles. The highest BCUT2D eigenvalue weighted by atomic mass is 35.5. The Morgan fingerprint density at radius 3 is 2.48 bits per heavy atom. The largest absolute Gasteiger partial charge is 0.508 e. The van der Waals surface area contributed by atoms with Crippen molar-refractivity contribution in [3.05, 3.63) is 88.2 Å². The molecule has 0 aliphatic heterocycles. The van der Waals surface area contributed by atoms with Gasteiger partial charge in [0.1, 0.15) is 11.5 Å². The Kier molecular flexibility index (Phi) is 6.72. The topological polar surface area (TPSA) is 79.7 Å².